The molecule has 0 radical (unpaired) electrons. The van der Waals surface area contributed by atoms with E-state index < -0.39 is 16.7 Å². The highest BCUT2D eigenvalue weighted by atomic mass is 35.5. The Hall–Kier alpha value is -2.97. The van der Waals surface area contributed by atoms with Gasteiger partial charge in [0.15, 0.2) is 5.82 Å². The molecule has 2 aromatic heterocycles. The van der Waals surface area contributed by atoms with Gasteiger partial charge in [-0.3, -0.25) is 9.00 Å². The van der Waals surface area contributed by atoms with Gasteiger partial charge in [-0.15, -0.1) is 0 Å². The number of benzene rings is 1. The van der Waals surface area contributed by atoms with Crippen LogP contribution in [0.5, 0.6) is 0 Å². The van der Waals surface area contributed by atoms with E-state index in [-0.39, 0.29) is 10.9 Å². The minimum absolute atomic E-state index is 0.107. The fourth-order valence-corrected chi connectivity index (χ4v) is 3.64. The Labute approximate surface area is 174 Å². The highest BCUT2D eigenvalue weighted by Gasteiger charge is 2.20. The Morgan fingerprint density at radius 3 is 2.83 bits per heavy atom. The van der Waals surface area contributed by atoms with Gasteiger partial charge in [-0.1, -0.05) is 17.7 Å². The summed E-state index contributed by atoms with van der Waals surface area (Å²) in [5.74, 6) is 0.262. The first-order valence-corrected chi connectivity index (χ1v) is 10.6. The molecule has 7 nitrogen and oxygen atoms in total. The Bertz CT molecular complexity index is 1200. The van der Waals surface area contributed by atoms with E-state index in [0.29, 0.717) is 22.9 Å². The molecule has 0 spiro atoms. The molecule has 3 aromatic rings. The molecule has 146 valence electrons. The molecule has 0 saturated heterocycles. The van der Waals surface area contributed by atoms with Crippen molar-refractivity contribution in [2.24, 2.45) is 4.99 Å². The zero-order chi connectivity index (χ0) is 20.5. The summed E-state index contributed by atoms with van der Waals surface area (Å²) in [6, 6.07) is 8.72. The largest absolute Gasteiger partial charge is 0.321 e. The number of rotatable bonds is 4. The van der Waals surface area contributed by atoms with Gasteiger partial charge >= 0.3 is 0 Å². The number of hydrogen-bond acceptors (Lipinski definition) is 6. The Morgan fingerprint density at radius 1 is 1.21 bits per heavy atom. The summed E-state index contributed by atoms with van der Waals surface area (Å²) < 4.78 is 11.5. The zero-order valence-electron chi connectivity index (χ0n) is 15.6. The standard InChI is InChI=1S/C20H16ClN5O2S/c1-11-7-12-8-17(25-18(12)23-10-11)14-9-13(3-4-15(14)21)24-19(27)16-5-6-22-20(26-16)29(2)28/h3-7,9-10H,8H2,1-2H3,(H,24,27). The number of anilines is 1. The first kappa shape index (κ1) is 19.4. The van der Waals surface area contributed by atoms with Crippen molar-refractivity contribution in [2.45, 2.75) is 18.5 Å². The highest BCUT2D eigenvalue weighted by molar-refractivity contribution is 7.84. The van der Waals surface area contributed by atoms with Crippen LogP contribution in [-0.4, -0.2) is 37.0 Å². The summed E-state index contributed by atoms with van der Waals surface area (Å²) in [6.45, 7) is 1.99. The van der Waals surface area contributed by atoms with E-state index in [1.165, 1.54) is 18.5 Å². The molecule has 9 heteroatoms. The fourth-order valence-electron chi connectivity index (χ4n) is 2.98. The smallest absolute Gasteiger partial charge is 0.274 e. The fraction of sp³-hybridized carbons (Fsp3) is 0.150. The molecule has 0 bridgehead atoms. The number of pyridine rings is 1. The van der Waals surface area contributed by atoms with E-state index in [9.17, 15) is 9.00 Å². The molecular formula is C20H16ClN5O2S. The number of carbonyl (C=O) groups excluding carboxylic acids is 1. The Morgan fingerprint density at radius 2 is 2.03 bits per heavy atom. The third-order valence-electron chi connectivity index (χ3n) is 4.34. The summed E-state index contributed by atoms with van der Waals surface area (Å²) >= 11 is 6.39. The molecule has 1 aliphatic rings. The first-order valence-electron chi connectivity index (χ1n) is 8.71. The van der Waals surface area contributed by atoms with Crippen LogP contribution < -0.4 is 5.32 Å². The summed E-state index contributed by atoms with van der Waals surface area (Å²) in [4.78, 5) is 29.4. The van der Waals surface area contributed by atoms with Crippen molar-refractivity contribution in [3.63, 3.8) is 0 Å². The lowest BCUT2D eigenvalue weighted by molar-refractivity contribution is 0.102. The van der Waals surface area contributed by atoms with Gasteiger partial charge in [0.25, 0.3) is 5.91 Å². The number of aryl methyl sites for hydroxylation is 1. The van der Waals surface area contributed by atoms with Gasteiger partial charge in [0, 0.05) is 46.9 Å². The van der Waals surface area contributed by atoms with Crippen LogP contribution in [0.3, 0.4) is 0 Å². The molecule has 3 heterocycles. The molecular weight excluding hydrogens is 410 g/mol. The van der Waals surface area contributed by atoms with Crippen LogP contribution in [0.15, 0.2) is 52.9 Å². The lowest BCUT2D eigenvalue weighted by atomic mass is 10.0. The number of amides is 1. The van der Waals surface area contributed by atoms with Crippen LogP contribution in [0, 0.1) is 6.92 Å². The number of hydrogen-bond donors (Lipinski definition) is 1. The van der Waals surface area contributed by atoms with Crippen LogP contribution >= 0.6 is 11.6 Å². The van der Waals surface area contributed by atoms with Gasteiger partial charge < -0.3 is 5.32 Å². The molecule has 1 aromatic carbocycles. The van der Waals surface area contributed by atoms with Gasteiger partial charge in [0.2, 0.25) is 5.16 Å². The molecule has 1 amide bonds. The predicted octanol–water partition coefficient (Wildman–Crippen LogP) is 3.50. The molecule has 1 unspecified atom stereocenters. The average molecular weight is 426 g/mol. The van der Waals surface area contributed by atoms with Crippen LogP contribution in [0.25, 0.3) is 0 Å². The molecule has 0 saturated carbocycles. The van der Waals surface area contributed by atoms with Crippen molar-refractivity contribution in [1.29, 1.82) is 0 Å². The number of aliphatic imine (C=N–C) groups is 1. The van der Waals surface area contributed by atoms with E-state index in [4.69, 9.17) is 11.6 Å². The molecule has 4 rings (SSSR count). The van der Waals surface area contributed by atoms with E-state index in [1.807, 2.05) is 6.92 Å². The lowest BCUT2D eigenvalue weighted by Gasteiger charge is -2.09. The number of halogens is 1. The van der Waals surface area contributed by atoms with Crippen LogP contribution in [0.4, 0.5) is 11.5 Å². The molecule has 1 aliphatic heterocycles. The molecule has 29 heavy (non-hydrogen) atoms. The Kier molecular flexibility index (Phi) is 5.21. The normalized spacial score (nSPS) is 13.6. The number of nitrogens with one attached hydrogen (secondary N) is 1. The van der Waals surface area contributed by atoms with Crippen molar-refractivity contribution < 1.29 is 9.00 Å². The molecule has 1 N–H and O–H groups in total. The second kappa shape index (κ2) is 7.81. The van der Waals surface area contributed by atoms with Crippen LogP contribution in [0.1, 0.15) is 27.2 Å². The van der Waals surface area contributed by atoms with Gasteiger partial charge in [-0.2, -0.15) is 0 Å². The minimum Gasteiger partial charge on any atom is -0.321 e. The van der Waals surface area contributed by atoms with Crippen molar-refractivity contribution in [3.05, 3.63) is 70.1 Å². The SMILES string of the molecule is Cc1cnc2c(c1)CC(c1cc(NC(=O)c3ccnc(S(C)=O)n3)ccc1Cl)=N2. The van der Waals surface area contributed by atoms with E-state index >= 15 is 0 Å². The number of carbonyl (C=O) groups is 1. The summed E-state index contributed by atoms with van der Waals surface area (Å²) in [5.41, 5.74) is 4.33. The van der Waals surface area contributed by atoms with Gasteiger partial charge in [-0.25, -0.2) is 19.9 Å². The first-order chi connectivity index (χ1) is 13.9. The van der Waals surface area contributed by atoms with Crippen molar-refractivity contribution in [1.82, 2.24) is 15.0 Å². The predicted molar refractivity (Wildman–Crippen MR) is 113 cm³/mol. The molecule has 0 aliphatic carbocycles. The second-order valence-electron chi connectivity index (χ2n) is 6.56. The molecule has 1 atom stereocenters. The van der Waals surface area contributed by atoms with Gasteiger partial charge in [0.1, 0.15) is 5.69 Å². The number of fused-ring (bicyclic) bond motifs is 1. The monoisotopic (exact) mass is 425 g/mol. The number of aromatic nitrogens is 3. The zero-order valence-corrected chi connectivity index (χ0v) is 17.2. The molecule has 0 fully saturated rings. The van der Waals surface area contributed by atoms with E-state index in [0.717, 1.165) is 22.4 Å². The second-order valence-corrected chi connectivity index (χ2v) is 8.24. The van der Waals surface area contributed by atoms with Crippen molar-refractivity contribution in [2.75, 3.05) is 11.6 Å². The summed E-state index contributed by atoms with van der Waals surface area (Å²) in [5, 5.41) is 3.43. The number of nitrogens with zero attached hydrogens (tertiary/aromatic N) is 4. The van der Waals surface area contributed by atoms with Crippen LogP contribution in [-0.2, 0) is 17.2 Å². The van der Waals surface area contributed by atoms with E-state index in [2.05, 4.69) is 31.3 Å². The van der Waals surface area contributed by atoms with E-state index in [1.54, 1.807) is 24.4 Å². The summed E-state index contributed by atoms with van der Waals surface area (Å²) in [6.07, 6.45) is 5.27. The van der Waals surface area contributed by atoms with Crippen molar-refractivity contribution in [3.8, 4) is 0 Å². The van der Waals surface area contributed by atoms with Crippen LogP contribution in [0.2, 0.25) is 5.02 Å². The van der Waals surface area contributed by atoms with Crippen molar-refractivity contribution >= 4 is 45.5 Å². The maximum atomic E-state index is 12.5. The quantitative estimate of drug-likeness (QED) is 0.645. The summed E-state index contributed by atoms with van der Waals surface area (Å²) in [7, 11) is -1.37. The minimum atomic E-state index is -1.37. The maximum absolute atomic E-state index is 12.5. The van der Waals surface area contributed by atoms with Gasteiger partial charge in [0.05, 0.1) is 16.5 Å². The lowest BCUT2D eigenvalue weighted by Crippen LogP contribution is -2.15. The topological polar surface area (TPSA) is 97.2 Å². The highest BCUT2D eigenvalue weighted by Crippen LogP contribution is 2.31. The third kappa shape index (κ3) is 4.08. The average Bonchev–Trinajstić information content (AvgIpc) is 3.12. The van der Waals surface area contributed by atoms with Gasteiger partial charge in [-0.05, 0) is 36.8 Å². The maximum Gasteiger partial charge on any atom is 0.274 e. The Balaban J connectivity index is 1.59. The third-order valence-corrected chi connectivity index (χ3v) is 5.38.